The van der Waals surface area contributed by atoms with Gasteiger partial charge in [-0.1, -0.05) is 35.9 Å². The van der Waals surface area contributed by atoms with Crippen LogP contribution in [0.5, 0.6) is 0 Å². The summed E-state index contributed by atoms with van der Waals surface area (Å²) in [5, 5.41) is 5.05. The molecule has 96 valence electrons. The van der Waals surface area contributed by atoms with Crippen molar-refractivity contribution in [2.45, 2.75) is 6.54 Å². The smallest absolute Gasteiger partial charge is 0.125 e. The van der Waals surface area contributed by atoms with Crippen molar-refractivity contribution in [3.63, 3.8) is 0 Å². The molecule has 0 unspecified atom stereocenters. The molecule has 0 fully saturated rings. The summed E-state index contributed by atoms with van der Waals surface area (Å²) in [5.41, 5.74) is 0.758. The zero-order chi connectivity index (χ0) is 13.2. The average Bonchev–Trinajstić information content (AvgIpc) is 2.74. The Morgan fingerprint density at radius 1 is 1.11 bits per heavy atom. The van der Waals surface area contributed by atoms with Gasteiger partial charge in [0.25, 0.3) is 0 Å². The minimum Gasteiger partial charge on any atom is -0.380 e. The summed E-state index contributed by atoms with van der Waals surface area (Å²) in [6, 6.07) is 14.5. The Labute approximate surface area is 119 Å². The lowest BCUT2D eigenvalue weighted by Gasteiger charge is -2.05. The zero-order valence-corrected chi connectivity index (χ0v) is 11.6. The topological polar surface area (TPSA) is 12.0 Å². The van der Waals surface area contributed by atoms with E-state index < -0.39 is 0 Å². The van der Waals surface area contributed by atoms with Crippen LogP contribution in [0.3, 0.4) is 0 Å². The lowest BCUT2D eigenvalue weighted by atomic mass is 10.2. The fourth-order valence-electron chi connectivity index (χ4n) is 1.96. The van der Waals surface area contributed by atoms with Gasteiger partial charge in [-0.3, -0.25) is 0 Å². The third-order valence-corrected chi connectivity index (χ3v) is 4.59. The van der Waals surface area contributed by atoms with Gasteiger partial charge in [0.05, 0.1) is 11.6 Å². The van der Waals surface area contributed by atoms with Crippen molar-refractivity contribution < 1.29 is 4.39 Å². The second kappa shape index (κ2) is 5.19. The van der Waals surface area contributed by atoms with Gasteiger partial charge < -0.3 is 5.32 Å². The van der Waals surface area contributed by atoms with Crippen LogP contribution in [0.25, 0.3) is 10.1 Å². The predicted molar refractivity (Wildman–Crippen MR) is 80.6 cm³/mol. The van der Waals surface area contributed by atoms with Crippen molar-refractivity contribution in [2.24, 2.45) is 0 Å². The molecule has 0 saturated heterocycles. The maximum atomic E-state index is 13.1. The van der Waals surface area contributed by atoms with E-state index >= 15 is 0 Å². The monoisotopic (exact) mass is 291 g/mol. The molecule has 3 rings (SSSR count). The lowest BCUT2D eigenvalue weighted by molar-refractivity contribution is 0.628. The standard InChI is InChI=1S/C15H11ClFNS/c16-15-12-6-1-2-7-13(12)19-14(15)9-18-11-5-3-4-10(17)8-11/h1-8,18H,9H2. The van der Waals surface area contributed by atoms with Crippen molar-refractivity contribution in [3.8, 4) is 0 Å². The molecular weight excluding hydrogens is 281 g/mol. The van der Waals surface area contributed by atoms with Crippen molar-refractivity contribution in [2.75, 3.05) is 5.32 Å². The predicted octanol–water partition coefficient (Wildman–Crippen LogP) is 5.31. The Hall–Kier alpha value is -1.58. The van der Waals surface area contributed by atoms with E-state index in [2.05, 4.69) is 11.4 Å². The first-order chi connectivity index (χ1) is 9.24. The molecule has 1 heterocycles. The van der Waals surface area contributed by atoms with Crippen LogP contribution in [0.4, 0.5) is 10.1 Å². The van der Waals surface area contributed by atoms with E-state index in [1.54, 1.807) is 17.4 Å². The van der Waals surface area contributed by atoms with Crippen LogP contribution in [0, 0.1) is 5.82 Å². The van der Waals surface area contributed by atoms with Crippen LogP contribution in [0.1, 0.15) is 4.88 Å². The number of halogens is 2. The highest BCUT2D eigenvalue weighted by Gasteiger charge is 2.09. The van der Waals surface area contributed by atoms with Crippen LogP contribution >= 0.6 is 22.9 Å². The van der Waals surface area contributed by atoms with E-state index in [0.717, 1.165) is 21.0 Å². The van der Waals surface area contributed by atoms with Gasteiger partial charge in [-0.2, -0.15) is 0 Å². The summed E-state index contributed by atoms with van der Waals surface area (Å²) in [6.45, 7) is 0.599. The van der Waals surface area contributed by atoms with Crippen LogP contribution in [-0.4, -0.2) is 0 Å². The molecule has 0 aliphatic rings. The summed E-state index contributed by atoms with van der Waals surface area (Å²) in [5.74, 6) is -0.243. The van der Waals surface area contributed by atoms with Gasteiger partial charge in [0.1, 0.15) is 5.82 Å². The van der Waals surface area contributed by atoms with E-state index in [4.69, 9.17) is 11.6 Å². The van der Waals surface area contributed by atoms with Crippen LogP contribution < -0.4 is 5.32 Å². The Bertz CT molecular complexity index is 723. The molecule has 0 atom stereocenters. The van der Waals surface area contributed by atoms with Crippen LogP contribution in [0.15, 0.2) is 48.5 Å². The minimum atomic E-state index is -0.243. The molecule has 0 amide bonds. The van der Waals surface area contributed by atoms with Gasteiger partial charge in [0, 0.05) is 20.7 Å². The number of thiophene rings is 1. The molecule has 0 spiro atoms. The first kappa shape index (κ1) is 12.5. The summed E-state index contributed by atoms with van der Waals surface area (Å²) in [7, 11) is 0. The van der Waals surface area contributed by atoms with Gasteiger partial charge in [-0.15, -0.1) is 11.3 Å². The molecule has 0 radical (unpaired) electrons. The molecule has 2 aromatic carbocycles. The summed E-state index contributed by atoms with van der Waals surface area (Å²) >= 11 is 8.01. The van der Waals surface area contributed by atoms with Gasteiger partial charge in [0.2, 0.25) is 0 Å². The van der Waals surface area contributed by atoms with Crippen molar-refractivity contribution in [3.05, 3.63) is 64.2 Å². The molecule has 4 heteroatoms. The molecule has 0 aliphatic heterocycles. The van der Waals surface area contributed by atoms with Gasteiger partial charge in [-0.05, 0) is 24.3 Å². The van der Waals surface area contributed by atoms with Crippen molar-refractivity contribution in [1.82, 2.24) is 0 Å². The van der Waals surface area contributed by atoms with E-state index in [9.17, 15) is 4.39 Å². The maximum Gasteiger partial charge on any atom is 0.125 e. The SMILES string of the molecule is Fc1cccc(NCc2sc3ccccc3c2Cl)c1. The largest absolute Gasteiger partial charge is 0.380 e. The minimum absolute atomic E-state index is 0.243. The molecular formula is C15H11ClFNS. The van der Waals surface area contributed by atoms with E-state index in [1.807, 2.05) is 24.3 Å². The summed E-state index contributed by atoms with van der Waals surface area (Å²) in [6.07, 6.45) is 0. The highest BCUT2D eigenvalue weighted by molar-refractivity contribution is 7.19. The summed E-state index contributed by atoms with van der Waals surface area (Å²) in [4.78, 5) is 1.06. The molecule has 3 aromatic rings. The van der Waals surface area contributed by atoms with Gasteiger partial charge in [-0.25, -0.2) is 4.39 Å². The second-order valence-corrected chi connectivity index (χ2v) is 5.71. The molecule has 1 N–H and O–H groups in total. The Morgan fingerprint density at radius 3 is 2.74 bits per heavy atom. The second-order valence-electron chi connectivity index (χ2n) is 4.20. The number of fused-ring (bicyclic) bond motifs is 1. The number of hydrogen-bond acceptors (Lipinski definition) is 2. The first-order valence-electron chi connectivity index (χ1n) is 5.89. The molecule has 1 aromatic heterocycles. The van der Waals surface area contributed by atoms with Gasteiger partial charge in [0.15, 0.2) is 0 Å². The zero-order valence-electron chi connectivity index (χ0n) is 9.99. The fraction of sp³-hybridized carbons (Fsp3) is 0.0667. The molecule has 19 heavy (non-hydrogen) atoms. The third-order valence-electron chi connectivity index (χ3n) is 2.88. The molecule has 0 aliphatic carbocycles. The van der Waals surface area contributed by atoms with Crippen LogP contribution in [-0.2, 0) is 6.54 Å². The summed E-state index contributed by atoms with van der Waals surface area (Å²) < 4.78 is 14.2. The molecule has 0 bridgehead atoms. The number of rotatable bonds is 3. The molecule has 1 nitrogen and oxygen atoms in total. The Kier molecular flexibility index (Phi) is 3.40. The van der Waals surface area contributed by atoms with Crippen molar-refractivity contribution >= 4 is 38.7 Å². The first-order valence-corrected chi connectivity index (χ1v) is 7.09. The van der Waals surface area contributed by atoms with E-state index in [1.165, 1.54) is 16.8 Å². The number of nitrogens with one attached hydrogen (secondary N) is 1. The average molecular weight is 292 g/mol. The highest BCUT2D eigenvalue weighted by atomic mass is 35.5. The Morgan fingerprint density at radius 2 is 1.95 bits per heavy atom. The maximum absolute atomic E-state index is 13.1. The third kappa shape index (κ3) is 2.57. The fourth-order valence-corrected chi connectivity index (χ4v) is 3.40. The normalized spacial score (nSPS) is 10.8. The highest BCUT2D eigenvalue weighted by Crippen LogP contribution is 2.35. The molecule has 0 saturated carbocycles. The Balaban J connectivity index is 1.84. The van der Waals surface area contributed by atoms with Crippen LogP contribution in [0.2, 0.25) is 5.02 Å². The van der Waals surface area contributed by atoms with Gasteiger partial charge >= 0.3 is 0 Å². The number of benzene rings is 2. The van der Waals surface area contributed by atoms with Crippen molar-refractivity contribution in [1.29, 1.82) is 0 Å². The number of anilines is 1. The van der Waals surface area contributed by atoms with E-state index in [-0.39, 0.29) is 5.82 Å². The van der Waals surface area contributed by atoms with E-state index in [0.29, 0.717) is 6.54 Å². The quantitative estimate of drug-likeness (QED) is 0.690. The number of hydrogen-bond donors (Lipinski definition) is 1. The lowest BCUT2D eigenvalue weighted by Crippen LogP contribution is -1.97.